The molecule has 0 aliphatic carbocycles. The second-order valence-corrected chi connectivity index (χ2v) is 7.92. The van der Waals surface area contributed by atoms with E-state index in [-0.39, 0.29) is 17.9 Å². The monoisotopic (exact) mass is 318 g/mol. The fourth-order valence-electron chi connectivity index (χ4n) is 2.64. The van der Waals surface area contributed by atoms with Gasteiger partial charge in [0.25, 0.3) is 10.2 Å². The number of rotatable bonds is 4. The number of hydrogen-bond donors (Lipinski definition) is 2. The molecule has 0 spiro atoms. The maximum Gasteiger partial charge on any atom is 0.282 e. The van der Waals surface area contributed by atoms with Crippen molar-refractivity contribution in [1.82, 2.24) is 19.2 Å². The first-order valence-electron chi connectivity index (χ1n) is 7.67. The lowest BCUT2D eigenvalue weighted by molar-refractivity contribution is -0.124. The summed E-state index contributed by atoms with van der Waals surface area (Å²) in [5, 5.41) is 6.14. The van der Waals surface area contributed by atoms with Crippen LogP contribution >= 0.6 is 0 Å². The van der Waals surface area contributed by atoms with Gasteiger partial charge < -0.3 is 10.6 Å². The molecule has 2 N–H and O–H groups in total. The molecule has 0 radical (unpaired) electrons. The van der Waals surface area contributed by atoms with Gasteiger partial charge in [-0.3, -0.25) is 4.79 Å². The summed E-state index contributed by atoms with van der Waals surface area (Å²) in [7, 11) is -3.34. The Balaban J connectivity index is 1.86. The summed E-state index contributed by atoms with van der Waals surface area (Å²) in [5.74, 6) is 0.00558. The van der Waals surface area contributed by atoms with Crippen LogP contribution in [0.3, 0.4) is 0 Å². The molecule has 2 saturated heterocycles. The van der Waals surface area contributed by atoms with Crippen molar-refractivity contribution < 1.29 is 13.2 Å². The minimum absolute atomic E-state index is 0.0346. The summed E-state index contributed by atoms with van der Waals surface area (Å²) in [6.45, 7) is 7.17. The van der Waals surface area contributed by atoms with Gasteiger partial charge in [0, 0.05) is 51.2 Å². The van der Waals surface area contributed by atoms with Crippen molar-refractivity contribution in [3.05, 3.63) is 0 Å². The fourth-order valence-corrected chi connectivity index (χ4v) is 4.28. The Morgan fingerprint density at radius 1 is 1.10 bits per heavy atom. The zero-order chi connectivity index (χ0) is 15.5. The highest BCUT2D eigenvalue weighted by atomic mass is 32.2. The minimum Gasteiger partial charge on any atom is -0.353 e. The van der Waals surface area contributed by atoms with Crippen molar-refractivity contribution in [1.29, 1.82) is 0 Å². The molecule has 2 heterocycles. The van der Waals surface area contributed by atoms with Gasteiger partial charge in [-0.15, -0.1) is 0 Å². The first-order chi connectivity index (χ1) is 9.91. The number of carbonyl (C=O) groups excluding carboxylic acids is 1. The SMILES string of the molecule is CC(C)C(=O)NC1CCN(S(=O)(=O)N2CCNCC2)CC1. The van der Waals surface area contributed by atoms with Crippen LogP contribution in [0.25, 0.3) is 0 Å². The molecule has 2 aliphatic heterocycles. The van der Waals surface area contributed by atoms with E-state index in [1.54, 1.807) is 8.61 Å². The Morgan fingerprint density at radius 3 is 2.14 bits per heavy atom. The third kappa shape index (κ3) is 4.15. The van der Waals surface area contributed by atoms with Crippen LogP contribution in [0.15, 0.2) is 0 Å². The van der Waals surface area contributed by atoms with Gasteiger partial charge in [0.1, 0.15) is 0 Å². The van der Waals surface area contributed by atoms with Crippen LogP contribution in [0, 0.1) is 5.92 Å². The van der Waals surface area contributed by atoms with E-state index in [2.05, 4.69) is 10.6 Å². The summed E-state index contributed by atoms with van der Waals surface area (Å²) in [6.07, 6.45) is 1.37. The predicted molar refractivity (Wildman–Crippen MR) is 80.9 cm³/mol. The Bertz CT molecular complexity index is 452. The third-order valence-corrected chi connectivity index (χ3v) is 6.09. The first kappa shape index (κ1) is 16.7. The zero-order valence-electron chi connectivity index (χ0n) is 12.8. The summed E-state index contributed by atoms with van der Waals surface area (Å²) in [4.78, 5) is 11.7. The molecule has 0 unspecified atom stereocenters. The van der Waals surface area contributed by atoms with E-state index in [0.29, 0.717) is 52.1 Å². The van der Waals surface area contributed by atoms with Crippen molar-refractivity contribution in [2.24, 2.45) is 5.92 Å². The summed E-state index contributed by atoms with van der Waals surface area (Å²) in [5.41, 5.74) is 0. The highest BCUT2D eigenvalue weighted by molar-refractivity contribution is 7.86. The molecule has 7 nitrogen and oxygen atoms in total. The number of nitrogens with zero attached hydrogens (tertiary/aromatic N) is 2. The first-order valence-corrected chi connectivity index (χ1v) is 9.07. The van der Waals surface area contributed by atoms with Crippen LogP contribution in [0.2, 0.25) is 0 Å². The van der Waals surface area contributed by atoms with Crippen LogP contribution in [-0.2, 0) is 15.0 Å². The Morgan fingerprint density at radius 2 is 1.62 bits per heavy atom. The molecule has 0 bridgehead atoms. The number of piperidine rings is 1. The second kappa shape index (κ2) is 7.04. The van der Waals surface area contributed by atoms with Crippen LogP contribution in [0.1, 0.15) is 26.7 Å². The summed E-state index contributed by atoms with van der Waals surface area (Å²) < 4.78 is 28.1. The maximum absolute atomic E-state index is 12.5. The van der Waals surface area contributed by atoms with Crippen molar-refractivity contribution in [3.8, 4) is 0 Å². The van der Waals surface area contributed by atoms with Crippen LogP contribution in [-0.4, -0.2) is 68.2 Å². The lowest BCUT2D eigenvalue weighted by atomic mass is 10.1. The van der Waals surface area contributed by atoms with E-state index in [0.717, 1.165) is 0 Å². The number of carbonyl (C=O) groups is 1. The topological polar surface area (TPSA) is 81.8 Å². The highest BCUT2D eigenvalue weighted by Gasteiger charge is 2.33. The van der Waals surface area contributed by atoms with Crippen LogP contribution in [0.5, 0.6) is 0 Å². The maximum atomic E-state index is 12.5. The van der Waals surface area contributed by atoms with Gasteiger partial charge in [0.05, 0.1) is 0 Å². The van der Waals surface area contributed by atoms with Gasteiger partial charge in [0.2, 0.25) is 5.91 Å². The van der Waals surface area contributed by atoms with Gasteiger partial charge in [-0.1, -0.05) is 13.8 Å². The molecule has 2 fully saturated rings. The third-order valence-electron chi connectivity index (χ3n) is 4.05. The number of piperazine rings is 1. The van der Waals surface area contributed by atoms with Crippen molar-refractivity contribution >= 4 is 16.1 Å². The van der Waals surface area contributed by atoms with Gasteiger partial charge in [-0.25, -0.2) is 0 Å². The highest BCUT2D eigenvalue weighted by Crippen LogP contribution is 2.17. The van der Waals surface area contributed by atoms with E-state index < -0.39 is 10.2 Å². The van der Waals surface area contributed by atoms with Crippen LogP contribution in [0.4, 0.5) is 0 Å². The van der Waals surface area contributed by atoms with Gasteiger partial charge in [-0.05, 0) is 12.8 Å². The molecular weight excluding hydrogens is 292 g/mol. The summed E-state index contributed by atoms with van der Waals surface area (Å²) >= 11 is 0. The molecule has 2 rings (SSSR count). The number of hydrogen-bond acceptors (Lipinski definition) is 4. The van der Waals surface area contributed by atoms with Crippen molar-refractivity contribution in [2.45, 2.75) is 32.7 Å². The predicted octanol–water partition coefficient (Wildman–Crippen LogP) is -0.627. The Labute approximate surface area is 127 Å². The smallest absolute Gasteiger partial charge is 0.282 e. The average Bonchev–Trinajstić information content (AvgIpc) is 2.48. The van der Waals surface area contributed by atoms with E-state index in [1.807, 2.05) is 13.8 Å². The lowest BCUT2D eigenvalue weighted by Gasteiger charge is -2.36. The molecule has 0 atom stereocenters. The Kier molecular flexibility index (Phi) is 5.59. The van der Waals surface area contributed by atoms with Crippen LogP contribution < -0.4 is 10.6 Å². The van der Waals surface area contributed by atoms with Crippen molar-refractivity contribution in [2.75, 3.05) is 39.3 Å². The summed E-state index contributed by atoms with van der Waals surface area (Å²) in [6, 6.07) is 0.0920. The zero-order valence-corrected chi connectivity index (χ0v) is 13.7. The average molecular weight is 318 g/mol. The molecular formula is C13H26N4O3S. The van der Waals surface area contributed by atoms with E-state index in [4.69, 9.17) is 0 Å². The fraction of sp³-hybridized carbons (Fsp3) is 0.923. The standard InChI is InChI=1S/C13H26N4O3S/c1-11(2)13(18)15-12-3-7-16(8-4-12)21(19,20)17-9-5-14-6-10-17/h11-12,14H,3-10H2,1-2H3,(H,15,18). The molecule has 8 heteroatoms. The lowest BCUT2D eigenvalue weighted by Crippen LogP contribution is -2.55. The molecule has 0 aromatic heterocycles. The van der Waals surface area contributed by atoms with Gasteiger partial charge >= 0.3 is 0 Å². The quantitative estimate of drug-likeness (QED) is 0.723. The normalized spacial score (nSPS) is 23.4. The van der Waals surface area contributed by atoms with E-state index in [9.17, 15) is 13.2 Å². The van der Waals surface area contributed by atoms with Gasteiger partial charge in [-0.2, -0.15) is 17.0 Å². The van der Waals surface area contributed by atoms with Crippen molar-refractivity contribution in [3.63, 3.8) is 0 Å². The molecule has 0 saturated carbocycles. The molecule has 0 aromatic carbocycles. The minimum atomic E-state index is -3.34. The molecule has 21 heavy (non-hydrogen) atoms. The molecule has 122 valence electrons. The van der Waals surface area contributed by atoms with Gasteiger partial charge in [0.15, 0.2) is 0 Å². The van der Waals surface area contributed by atoms with E-state index in [1.165, 1.54) is 0 Å². The largest absolute Gasteiger partial charge is 0.353 e. The molecule has 2 aliphatic rings. The Hall–Kier alpha value is -0.700. The molecule has 0 aromatic rings. The number of nitrogens with one attached hydrogen (secondary N) is 2. The number of amides is 1. The molecule has 1 amide bonds. The van der Waals surface area contributed by atoms with E-state index >= 15 is 0 Å². The second-order valence-electron chi connectivity index (χ2n) is 5.99.